The zero-order chi connectivity index (χ0) is 19.9. The molecule has 3 aromatic rings. The van der Waals surface area contributed by atoms with Crippen molar-refractivity contribution in [2.24, 2.45) is 5.92 Å². The molecule has 28 heavy (non-hydrogen) atoms. The first kappa shape index (κ1) is 19.9. The van der Waals surface area contributed by atoms with E-state index in [1.54, 1.807) is 6.07 Å². The van der Waals surface area contributed by atoms with Crippen LogP contribution in [-0.2, 0) is 19.6 Å². The van der Waals surface area contributed by atoms with Crippen molar-refractivity contribution in [3.63, 3.8) is 0 Å². The summed E-state index contributed by atoms with van der Waals surface area (Å²) in [6.45, 7) is 7.43. The van der Waals surface area contributed by atoms with Gasteiger partial charge in [-0.3, -0.25) is 4.90 Å². The quantitative estimate of drug-likeness (QED) is 0.542. The van der Waals surface area contributed by atoms with Crippen LogP contribution < -0.4 is 0 Å². The van der Waals surface area contributed by atoms with Gasteiger partial charge in [-0.15, -0.1) is 0 Å². The molecule has 0 saturated heterocycles. The lowest BCUT2D eigenvalue weighted by atomic mass is 10.1. The fourth-order valence-corrected chi connectivity index (χ4v) is 3.49. The molecule has 1 aromatic heterocycles. The maximum absolute atomic E-state index is 14.1. The van der Waals surface area contributed by atoms with Crippen molar-refractivity contribution in [3.8, 4) is 6.07 Å². The highest BCUT2D eigenvalue weighted by atomic mass is 19.1. The summed E-state index contributed by atoms with van der Waals surface area (Å²) in [5.74, 6) is 0.351. The van der Waals surface area contributed by atoms with Gasteiger partial charge in [0, 0.05) is 37.1 Å². The Morgan fingerprint density at radius 3 is 2.61 bits per heavy atom. The number of halogens is 1. The molecule has 3 nitrogen and oxygen atoms in total. The standard InChI is InChI=1S/C24H26FN3/c1-19(2)15-27(16-21-8-5-7-20(13-21)14-26)18-23-10-6-12-28(23)17-22-9-3-4-11-24(22)25/h3-13,19H,15-18H2,1-2H3. The Balaban J connectivity index is 1.77. The van der Waals surface area contributed by atoms with Gasteiger partial charge in [-0.2, -0.15) is 5.26 Å². The van der Waals surface area contributed by atoms with Crippen molar-refractivity contribution in [3.05, 3.63) is 95.1 Å². The summed E-state index contributed by atoms with van der Waals surface area (Å²) in [4.78, 5) is 2.38. The van der Waals surface area contributed by atoms with Crippen LogP contribution in [0.25, 0.3) is 0 Å². The second kappa shape index (κ2) is 9.34. The van der Waals surface area contributed by atoms with Gasteiger partial charge < -0.3 is 4.57 Å². The van der Waals surface area contributed by atoms with E-state index >= 15 is 0 Å². The van der Waals surface area contributed by atoms with Crippen LogP contribution in [-0.4, -0.2) is 16.0 Å². The molecule has 0 radical (unpaired) electrons. The summed E-state index contributed by atoms with van der Waals surface area (Å²) < 4.78 is 16.2. The molecule has 4 heteroatoms. The van der Waals surface area contributed by atoms with Gasteiger partial charge in [0.1, 0.15) is 5.82 Å². The Labute approximate surface area is 166 Å². The van der Waals surface area contributed by atoms with E-state index < -0.39 is 0 Å². The van der Waals surface area contributed by atoms with Crippen molar-refractivity contribution < 1.29 is 4.39 Å². The average molecular weight is 375 g/mol. The van der Waals surface area contributed by atoms with E-state index in [1.165, 1.54) is 6.07 Å². The number of nitriles is 1. The molecule has 0 fully saturated rings. The first-order valence-electron chi connectivity index (χ1n) is 9.64. The SMILES string of the molecule is CC(C)CN(Cc1cccc(C#N)c1)Cc1cccn1Cc1ccccc1F. The molecular weight excluding hydrogens is 349 g/mol. The minimum atomic E-state index is -0.172. The molecule has 1 heterocycles. The van der Waals surface area contributed by atoms with Gasteiger partial charge in [0.25, 0.3) is 0 Å². The molecule has 0 atom stereocenters. The number of hydrogen-bond acceptors (Lipinski definition) is 2. The van der Waals surface area contributed by atoms with Gasteiger partial charge in [-0.1, -0.05) is 44.2 Å². The zero-order valence-corrected chi connectivity index (χ0v) is 16.5. The minimum absolute atomic E-state index is 0.172. The fourth-order valence-electron chi connectivity index (χ4n) is 3.49. The fraction of sp³-hybridized carbons (Fsp3) is 0.292. The first-order valence-corrected chi connectivity index (χ1v) is 9.64. The predicted molar refractivity (Wildman–Crippen MR) is 110 cm³/mol. The van der Waals surface area contributed by atoms with Gasteiger partial charge in [0.2, 0.25) is 0 Å². The molecule has 0 saturated carbocycles. The number of hydrogen-bond donors (Lipinski definition) is 0. The third-order valence-corrected chi connectivity index (χ3v) is 4.69. The largest absolute Gasteiger partial charge is 0.346 e. The highest BCUT2D eigenvalue weighted by molar-refractivity contribution is 5.32. The highest BCUT2D eigenvalue weighted by Crippen LogP contribution is 2.16. The predicted octanol–water partition coefficient (Wildman–Crippen LogP) is 5.21. The van der Waals surface area contributed by atoms with Crippen molar-refractivity contribution in [1.29, 1.82) is 5.26 Å². The monoisotopic (exact) mass is 375 g/mol. The van der Waals surface area contributed by atoms with Crippen LogP contribution in [0, 0.1) is 23.1 Å². The molecule has 144 valence electrons. The lowest BCUT2D eigenvalue weighted by Gasteiger charge is -2.25. The van der Waals surface area contributed by atoms with Crippen molar-refractivity contribution in [1.82, 2.24) is 9.47 Å². The van der Waals surface area contributed by atoms with Gasteiger partial charge in [0.15, 0.2) is 0 Å². The first-order chi connectivity index (χ1) is 13.5. The van der Waals surface area contributed by atoms with Gasteiger partial charge in [0.05, 0.1) is 18.2 Å². The Hall–Kier alpha value is -2.90. The summed E-state index contributed by atoms with van der Waals surface area (Å²) in [5.41, 5.74) is 3.66. The molecule has 0 N–H and O–H groups in total. The van der Waals surface area contributed by atoms with Gasteiger partial charge >= 0.3 is 0 Å². The average Bonchev–Trinajstić information content (AvgIpc) is 3.10. The molecule has 0 bridgehead atoms. The molecule has 0 spiro atoms. The topological polar surface area (TPSA) is 32.0 Å². The van der Waals surface area contributed by atoms with Gasteiger partial charge in [-0.05, 0) is 41.8 Å². The third-order valence-electron chi connectivity index (χ3n) is 4.69. The Kier molecular flexibility index (Phi) is 6.62. The minimum Gasteiger partial charge on any atom is -0.346 e. The van der Waals surface area contributed by atoms with E-state index in [0.29, 0.717) is 23.6 Å². The van der Waals surface area contributed by atoms with E-state index in [-0.39, 0.29) is 5.82 Å². The van der Waals surface area contributed by atoms with Crippen LogP contribution in [0.5, 0.6) is 0 Å². The summed E-state index contributed by atoms with van der Waals surface area (Å²) in [5, 5.41) is 9.15. The van der Waals surface area contributed by atoms with Crippen molar-refractivity contribution in [2.75, 3.05) is 6.54 Å². The molecule has 2 aromatic carbocycles. The maximum Gasteiger partial charge on any atom is 0.128 e. The lowest BCUT2D eigenvalue weighted by Crippen LogP contribution is -2.28. The van der Waals surface area contributed by atoms with Crippen LogP contribution in [0.3, 0.4) is 0 Å². The zero-order valence-electron chi connectivity index (χ0n) is 16.5. The molecule has 0 aliphatic heterocycles. The van der Waals surface area contributed by atoms with E-state index in [2.05, 4.69) is 41.5 Å². The lowest BCUT2D eigenvalue weighted by molar-refractivity contribution is 0.222. The smallest absolute Gasteiger partial charge is 0.128 e. The third kappa shape index (κ3) is 5.31. The summed E-state index contributed by atoms with van der Waals surface area (Å²) in [6, 6.07) is 21.0. The summed E-state index contributed by atoms with van der Waals surface area (Å²) in [6.07, 6.45) is 2.01. The van der Waals surface area contributed by atoms with Crippen molar-refractivity contribution in [2.45, 2.75) is 33.5 Å². The second-order valence-electron chi connectivity index (χ2n) is 7.59. The highest BCUT2D eigenvalue weighted by Gasteiger charge is 2.13. The summed E-state index contributed by atoms with van der Waals surface area (Å²) in [7, 11) is 0. The number of nitrogens with zero attached hydrogens (tertiary/aromatic N) is 3. The van der Waals surface area contributed by atoms with Crippen LogP contribution >= 0.6 is 0 Å². The molecule has 0 aliphatic rings. The van der Waals surface area contributed by atoms with E-state index in [9.17, 15) is 4.39 Å². The maximum atomic E-state index is 14.1. The molecule has 0 aliphatic carbocycles. The van der Waals surface area contributed by atoms with E-state index in [4.69, 9.17) is 5.26 Å². The number of aromatic nitrogens is 1. The molecular formula is C24H26FN3. The number of rotatable bonds is 8. The van der Waals surface area contributed by atoms with E-state index in [1.807, 2.05) is 42.6 Å². The normalized spacial score (nSPS) is 11.1. The van der Waals surface area contributed by atoms with E-state index in [0.717, 1.165) is 30.9 Å². The molecule has 3 rings (SSSR count). The summed E-state index contributed by atoms with van der Waals surface area (Å²) >= 11 is 0. The van der Waals surface area contributed by atoms with Crippen LogP contribution in [0.1, 0.15) is 36.2 Å². The molecule has 0 unspecified atom stereocenters. The molecule has 0 amide bonds. The van der Waals surface area contributed by atoms with Crippen LogP contribution in [0.15, 0.2) is 66.9 Å². The Bertz CT molecular complexity index is 952. The van der Waals surface area contributed by atoms with Crippen molar-refractivity contribution >= 4 is 0 Å². The Morgan fingerprint density at radius 2 is 1.86 bits per heavy atom. The number of benzene rings is 2. The van der Waals surface area contributed by atoms with Crippen LogP contribution in [0.2, 0.25) is 0 Å². The second-order valence-corrected chi connectivity index (χ2v) is 7.59. The van der Waals surface area contributed by atoms with Gasteiger partial charge in [-0.25, -0.2) is 4.39 Å². The Morgan fingerprint density at radius 1 is 1.04 bits per heavy atom. The van der Waals surface area contributed by atoms with Crippen LogP contribution in [0.4, 0.5) is 4.39 Å².